The van der Waals surface area contributed by atoms with E-state index in [9.17, 15) is 9.59 Å². The number of hydrogen-bond donors (Lipinski definition) is 1. The van der Waals surface area contributed by atoms with Crippen molar-refractivity contribution in [2.75, 3.05) is 32.7 Å². The third kappa shape index (κ3) is 3.99. The molecule has 0 radical (unpaired) electrons. The van der Waals surface area contributed by atoms with Gasteiger partial charge in [-0.3, -0.25) is 9.59 Å². The fraction of sp³-hybridized carbons (Fsp3) is 0.692. The van der Waals surface area contributed by atoms with Gasteiger partial charge in [0, 0.05) is 27.2 Å². The van der Waals surface area contributed by atoms with Crippen molar-refractivity contribution in [1.82, 2.24) is 15.1 Å². The van der Waals surface area contributed by atoms with E-state index in [2.05, 4.69) is 15.5 Å². The Hall–Kier alpha value is -1.58. The Bertz CT molecular complexity index is 536. The van der Waals surface area contributed by atoms with E-state index < -0.39 is 0 Å². The van der Waals surface area contributed by atoms with E-state index in [-0.39, 0.29) is 30.2 Å². The summed E-state index contributed by atoms with van der Waals surface area (Å²) >= 11 is 1.26. The molecular formula is C13H20N4O4S. The number of likely N-dealkylation sites (tertiary alicyclic amines) is 1. The van der Waals surface area contributed by atoms with Gasteiger partial charge in [-0.15, -0.1) is 10.2 Å². The molecule has 1 saturated heterocycles. The van der Waals surface area contributed by atoms with Crippen LogP contribution >= 0.6 is 11.3 Å². The highest BCUT2D eigenvalue weighted by molar-refractivity contribution is 7.15. The normalized spacial score (nSPS) is 19.5. The average molecular weight is 328 g/mol. The third-order valence-electron chi connectivity index (χ3n) is 3.43. The molecule has 1 aliphatic heterocycles. The first kappa shape index (κ1) is 16.8. The van der Waals surface area contributed by atoms with Crippen LogP contribution in [0.2, 0.25) is 0 Å². The quantitative estimate of drug-likeness (QED) is 0.784. The predicted octanol–water partition coefficient (Wildman–Crippen LogP) is 0.506. The minimum Gasteiger partial charge on any atom is -0.383 e. The fourth-order valence-electron chi connectivity index (χ4n) is 2.36. The van der Waals surface area contributed by atoms with Gasteiger partial charge in [-0.1, -0.05) is 11.3 Å². The van der Waals surface area contributed by atoms with E-state index in [0.717, 1.165) is 0 Å². The van der Waals surface area contributed by atoms with Crippen molar-refractivity contribution in [2.45, 2.75) is 26.0 Å². The summed E-state index contributed by atoms with van der Waals surface area (Å²) in [6.45, 7) is 3.12. The first-order valence-electron chi connectivity index (χ1n) is 6.95. The topological polar surface area (TPSA) is 93.7 Å². The number of nitrogens with zero attached hydrogens (tertiary/aromatic N) is 3. The molecule has 22 heavy (non-hydrogen) atoms. The van der Waals surface area contributed by atoms with Gasteiger partial charge in [-0.25, -0.2) is 0 Å². The lowest BCUT2D eigenvalue weighted by molar-refractivity contribution is -0.130. The fourth-order valence-corrected chi connectivity index (χ4v) is 3.07. The number of anilines is 1. The van der Waals surface area contributed by atoms with Crippen LogP contribution in [0, 0.1) is 5.92 Å². The second kappa shape index (κ2) is 7.61. The van der Waals surface area contributed by atoms with Crippen LogP contribution in [0.3, 0.4) is 0 Å². The van der Waals surface area contributed by atoms with Gasteiger partial charge in [0.25, 0.3) is 0 Å². The summed E-state index contributed by atoms with van der Waals surface area (Å²) in [6, 6.07) is -0.0369. The van der Waals surface area contributed by atoms with Gasteiger partial charge in [0.2, 0.25) is 16.9 Å². The summed E-state index contributed by atoms with van der Waals surface area (Å²) in [6.07, 6.45) is 0.212. The van der Waals surface area contributed by atoms with Gasteiger partial charge >= 0.3 is 0 Å². The van der Waals surface area contributed by atoms with Gasteiger partial charge in [0.15, 0.2) is 0 Å². The van der Waals surface area contributed by atoms with Crippen LogP contribution in [0.4, 0.5) is 5.13 Å². The molecule has 0 bridgehead atoms. The molecule has 122 valence electrons. The summed E-state index contributed by atoms with van der Waals surface area (Å²) in [7, 11) is 3.16. The van der Waals surface area contributed by atoms with Crippen LogP contribution in [0.15, 0.2) is 0 Å². The minimum atomic E-state index is -0.374. The molecule has 1 aliphatic rings. The Balaban J connectivity index is 1.91. The van der Waals surface area contributed by atoms with E-state index in [1.165, 1.54) is 11.3 Å². The zero-order valence-electron chi connectivity index (χ0n) is 12.9. The third-order valence-corrected chi connectivity index (χ3v) is 4.25. The van der Waals surface area contributed by atoms with Gasteiger partial charge < -0.3 is 19.7 Å². The maximum Gasteiger partial charge on any atom is 0.231 e. The van der Waals surface area contributed by atoms with Gasteiger partial charge in [-0.2, -0.15) is 0 Å². The second-order valence-electron chi connectivity index (χ2n) is 5.17. The molecule has 0 aliphatic carbocycles. The maximum absolute atomic E-state index is 12.2. The zero-order valence-corrected chi connectivity index (χ0v) is 13.7. The van der Waals surface area contributed by atoms with Gasteiger partial charge in [0.1, 0.15) is 11.6 Å². The lowest BCUT2D eigenvalue weighted by atomic mass is 10.1. The van der Waals surface area contributed by atoms with Crippen LogP contribution in [-0.2, 0) is 25.7 Å². The molecule has 2 atom stereocenters. The minimum absolute atomic E-state index is 0.0259. The van der Waals surface area contributed by atoms with Crippen molar-refractivity contribution >= 4 is 28.3 Å². The number of ether oxygens (including phenoxy) is 2. The van der Waals surface area contributed by atoms with Crippen LogP contribution < -0.4 is 5.32 Å². The predicted molar refractivity (Wildman–Crippen MR) is 80.4 cm³/mol. The smallest absolute Gasteiger partial charge is 0.231 e. The number of carbonyl (C=O) groups excluding carboxylic acids is 2. The zero-order chi connectivity index (χ0) is 16.1. The van der Waals surface area contributed by atoms with Gasteiger partial charge in [-0.05, 0) is 6.92 Å². The standard InChI is InChI=1S/C13H20N4O4S/c1-8(6-20-2)17-5-9(4-11(17)18)12(19)14-13-16-15-10(22-13)7-21-3/h8-9H,4-7H2,1-3H3,(H,14,16,19)/t8-,9-/m0/s1. The first-order valence-corrected chi connectivity index (χ1v) is 7.77. The highest BCUT2D eigenvalue weighted by Gasteiger charge is 2.36. The van der Waals surface area contributed by atoms with Crippen molar-refractivity contribution in [3.8, 4) is 0 Å². The average Bonchev–Trinajstić information content (AvgIpc) is 3.06. The number of methoxy groups -OCH3 is 2. The highest BCUT2D eigenvalue weighted by Crippen LogP contribution is 2.23. The molecule has 2 amide bonds. The number of rotatable bonds is 7. The van der Waals surface area contributed by atoms with Crippen molar-refractivity contribution < 1.29 is 19.1 Å². The monoisotopic (exact) mass is 328 g/mol. The second-order valence-corrected chi connectivity index (χ2v) is 6.24. The van der Waals surface area contributed by atoms with Gasteiger partial charge in [0.05, 0.1) is 18.6 Å². The number of amides is 2. The summed E-state index contributed by atoms with van der Waals surface area (Å²) in [5, 5.41) is 11.6. The summed E-state index contributed by atoms with van der Waals surface area (Å²) in [5.74, 6) is -0.607. The molecule has 1 aromatic heterocycles. The molecule has 1 N–H and O–H groups in total. The lowest BCUT2D eigenvalue weighted by Crippen LogP contribution is -2.38. The summed E-state index contributed by atoms with van der Waals surface area (Å²) in [4.78, 5) is 25.9. The summed E-state index contributed by atoms with van der Waals surface area (Å²) in [5.41, 5.74) is 0. The molecule has 2 heterocycles. The molecule has 0 saturated carbocycles. The number of nitrogens with one attached hydrogen (secondary N) is 1. The van der Waals surface area contributed by atoms with E-state index in [1.54, 1.807) is 19.1 Å². The maximum atomic E-state index is 12.2. The van der Waals surface area contributed by atoms with Crippen LogP contribution in [-0.4, -0.2) is 60.3 Å². The molecule has 9 heteroatoms. The van der Waals surface area contributed by atoms with Crippen molar-refractivity contribution in [3.63, 3.8) is 0 Å². The Morgan fingerprint density at radius 3 is 2.91 bits per heavy atom. The number of carbonyl (C=O) groups is 2. The van der Waals surface area contributed by atoms with E-state index >= 15 is 0 Å². The molecule has 0 aromatic carbocycles. The Morgan fingerprint density at radius 2 is 2.23 bits per heavy atom. The molecule has 8 nitrogen and oxygen atoms in total. The van der Waals surface area contributed by atoms with Crippen LogP contribution in [0.25, 0.3) is 0 Å². The van der Waals surface area contributed by atoms with Crippen molar-refractivity contribution in [2.24, 2.45) is 5.92 Å². The van der Waals surface area contributed by atoms with E-state index in [1.807, 2.05) is 6.92 Å². The molecular weight excluding hydrogens is 308 g/mol. The largest absolute Gasteiger partial charge is 0.383 e. The van der Waals surface area contributed by atoms with Crippen LogP contribution in [0.5, 0.6) is 0 Å². The molecule has 1 aromatic rings. The lowest BCUT2D eigenvalue weighted by Gasteiger charge is -2.23. The number of aromatic nitrogens is 2. The number of hydrogen-bond acceptors (Lipinski definition) is 7. The van der Waals surface area contributed by atoms with Crippen molar-refractivity contribution in [1.29, 1.82) is 0 Å². The van der Waals surface area contributed by atoms with Crippen LogP contribution in [0.1, 0.15) is 18.4 Å². The Kier molecular flexibility index (Phi) is 5.81. The Morgan fingerprint density at radius 1 is 1.45 bits per heavy atom. The molecule has 1 fully saturated rings. The van der Waals surface area contributed by atoms with Crippen molar-refractivity contribution in [3.05, 3.63) is 5.01 Å². The SMILES string of the molecule is COCc1nnc(NC(=O)[C@H]2CC(=O)N([C@@H](C)COC)C2)s1. The van der Waals surface area contributed by atoms with E-state index in [4.69, 9.17) is 9.47 Å². The molecule has 0 spiro atoms. The molecule has 2 rings (SSSR count). The van der Waals surface area contributed by atoms with E-state index in [0.29, 0.717) is 29.9 Å². The highest BCUT2D eigenvalue weighted by atomic mass is 32.1. The molecule has 0 unspecified atom stereocenters. The summed E-state index contributed by atoms with van der Waals surface area (Å²) < 4.78 is 10.0. The first-order chi connectivity index (χ1) is 10.5. The Labute approximate surface area is 132 Å².